The van der Waals surface area contributed by atoms with E-state index in [1.807, 2.05) is 0 Å². The second-order valence-corrected chi connectivity index (χ2v) is 37.4. The number of carbonyl (C=O) groups is 4. The van der Waals surface area contributed by atoms with E-state index in [-0.39, 0.29) is 92.3 Å². The topological polar surface area (TPSA) is 327 Å². The Labute approximate surface area is 707 Å². The predicted octanol–water partition coefficient (Wildman–Crippen LogP) is 21.5. The Balaban J connectivity index is 0.000000186. The van der Waals surface area contributed by atoms with Gasteiger partial charge in [-0.05, 0) is 221 Å². The zero-order valence-electron chi connectivity index (χ0n) is 64.1. The van der Waals surface area contributed by atoms with Crippen molar-refractivity contribution in [3.05, 3.63) is 305 Å². The molecule has 123 heavy (non-hydrogen) atoms. The van der Waals surface area contributed by atoms with Gasteiger partial charge in [0.15, 0.2) is 50.3 Å². The summed E-state index contributed by atoms with van der Waals surface area (Å²) < 4.78 is 278. The summed E-state index contributed by atoms with van der Waals surface area (Å²) in [6.07, 6.45) is -13.1. The number of H-pyrrole nitrogens is 1. The molecule has 0 aliphatic rings. The maximum absolute atomic E-state index is 13.5. The number of hydrogen-bond donors (Lipinski definition) is 5. The molecule has 4 heterocycles. The number of hydrogen-bond acceptors (Lipinski definition) is 16. The fourth-order valence-electron chi connectivity index (χ4n) is 12.6. The number of aromatic nitrogens is 3. The van der Waals surface area contributed by atoms with Gasteiger partial charge in [0.05, 0.1) is 91.4 Å². The van der Waals surface area contributed by atoms with Gasteiger partial charge >= 0.3 is 48.6 Å². The smallest absolute Gasteiger partial charge is 0.416 e. The van der Waals surface area contributed by atoms with Gasteiger partial charge in [-0.25, -0.2) is 62.8 Å². The first-order valence-electron chi connectivity index (χ1n) is 36.0. The van der Waals surface area contributed by atoms with Crippen molar-refractivity contribution >= 4 is 97.5 Å². The van der Waals surface area contributed by atoms with E-state index < -0.39 is 138 Å². The van der Waals surface area contributed by atoms with Crippen LogP contribution in [0.3, 0.4) is 0 Å². The highest BCUT2D eigenvalue weighted by atomic mass is 35.5. The SMILES string of the molecule is CCc1ccc(C(=O)O)cc1S(=O)(=O)Cc1cc(C(F)(F)F)ccc1-c1ccc(Cl)s1.CCc1ccc(C(=O)O)cc1S(=O)(=O)Cc1cc(C(F)(F)F)ccc1-c1ccc(F)s1.CCc1ccc(C(=O)O)cc1S(=O)(=O)Cc1cc(C(F)(F)F)ccc1-c1ccc[nH]1.CCc1ccc(C(=O)O)cc1S(=O)(=O)Cc1cc(C(F)(F)F)ccc1-c1ncccn1. The average Bonchev–Trinajstić information content (AvgIpc) is 1.67. The van der Waals surface area contributed by atoms with Crippen LogP contribution in [-0.4, -0.2) is 92.9 Å². The van der Waals surface area contributed by atoms with E-state index in [1.54, 1.807) is 58.2 Å². The van der Waals surface area contributed by atoms with Gasteiger partial charge in [-0.3, -0.25) is 0 Å². The van der Waals surface area contributed by atoms with Crippen LogP contribution in [0.15, 0.2) is 226 Å². The van der Waals surface area contributed by atoms with Crippen LogP contribution in [0.1, 0.15) is 136 Å². The van der Waals surface area contributed by atoms with Crippen molar-refractivity contribution in [1.82, 2.24) is 15.0 Å². The van der Waals surface area contributed by atoms with Crippen molar-refractivity contribution < 1.29 is 130 Å². The highest BCUT2D eigenvalue weighted by molar-refractivity contribution is 7.91. The van der Waals surface area contributed by atoms with Gasteiger partial charge in [0, 0.05) is 45.2 Å². The van der Waals surface area contributed by atoms with E-state index >= 15 is 0 Å². The lowest BCUT2D eigenvalue weighted by Crippen LogP contribution is -2.12. The van der Waals surface area contributed by atoms with Crippen molar-refractivity contribution in [3.63, 3.8) is 0 Å². The summed E-state index contributed by atoms with van der Waals surface area (Å²) in [5, 5.41) is 36.3. The number of thiophene rings is 2. The standard InChI is InChI=1S/C21H16ClF3O4S2.C21H16F4O4S2.C21H17F3N2O4S.C21H18F3NO4S/c2*1-2-12-3-4-13(20(26)27)10-18(12)31(28,29)11-14-9-15(21(23,24)25)5-6-16(14)17-7-8-19(22)30-17;1-2-13-4-5-14(20(27)28)11-18(13)31(29,30)12-15-10-16(21(22,23)24)6-7-17(15)19-25-8-3-9-26-19;1-2-13-5-6-14(20(26)27)11-19(13)30(28,29)12-15-10-16(21(22,23)24)7-8-17(15)18-4-3-9-25-18/h2*3-10H,2,11H2,1H3,(H,26,27);3-11H,2,12H2,1H3,(H,27,28);3-11,25H,2,12H2,1H3,(H,26,27). The lowest BCUT2D eigenvalue weighted by atomic mass is 10.0. The molecule has 19 nitrogen and oxygen atoms in total. The number of alkyl halides is 12. The first-order chi connectivity index (χ1) is 57.4. The molecule has 0 fully saturated rings. The van der Waals surface area contributed by atoms with Gasteiger partial charge in [-0.1, -0.05) is 87.8 Å². The molecule has 8 aromatic carbocycles. The largest absolute Gasteiger partial charge is 0.478 e. The summed E-state index contributed by atoms with van der Waals surface area (Å²) >= 11 is 7.75. The minimum absolute atomic E-state index is 0.0324. The summed E-state index contributed by atoms with van der Waals surface area (Å²) in [6, 6.07) is 36.6. The first-order valence-corrected chi connectivity index (χ1v) is 44.6. The van der Waals surface area contributed by atoms with Gasteiger partial charge in [0.2, 0.25) is 0 Å². The number of halogens is 14. The average molecular weight is 1850 g/mol. The van der Waals surface area contributed by atoms with Gasteiger partial charge in [-0.15, -0.1) is 22.7 Å². The Morgan fingerprint density at radius 2 is 0.650 bits per heavy atom. The van der Waals surface area contributed by atoms with Gasteiger partial charge in [0.25, 0.3) is 0 Å². The molecule has 12 aromatic rings. The Morgan fingerprint density at radius 1 is 0.358 bits per heavy atom. The molecule has 0 aliphatic carbocycles. The fraction of sp³-hybridized carbons (Fsp3) is 0.190. The molecule has 12 rings (SSSR count). The minimum Gasteiger partial charge on any atom is -0.478 e. The number of benzene rings is 8. The molecule has 0 saturated carbocycles. The van der Waals surface area contributed by atoms with Crippen LogP contribution < -0.4 is 0 Å². The molecule has 0 amide bonds. The normalized spacial score (nSPS) is 12.1. The fourth-order valence-corrected chi connectivity index (χ4v) is 21.4. The third kappa shape index (κ3) is 23.9. The molecule has 0 unspecified atom stereocenters. The van der Waals surface area contributed by atoms with Crippen LogP contribution in [0, 0.1) is 5.13 Å². The van der Waals surface area contributed by atoms with Crippen LogP contribution in [0.2, 0.25) is 4.34 Å². The number of nitrogens with one attached hydrogen (secondary N) is 1. The number of aromatic carboxylic acids is 4. The summed E-state index contributed by atoms with van der Waals surface area (Å²) in [7, 11) is -16.7. The Hall–Kier alpha value is -11.4. The van der Waals surface area contributed by atoms with Crippen LogP contribution >= 0.6 is 34.3 Å². The number of sulfone groups is 4. The van der Waals surface area contributed by atoms with Gasteiger partial charge < -0.3 is 25.4 Å². The molecule has 648 valence electrons. The second-order valence-electron chi connectivity index (χ2n) is 26.8. The zero-order valence-corrected chi connectivity index (χ0v) is 69.8. The molecule has 39 heteroatoms. The summed E-state index contributed by atoms with van der Waals surface area (Å²) in [5.41, 5.74) is -2.32. The third-order valence-electron chi connectivity index (χ3n) is 18.6. The number of aryl methyl sites for hydroxylation is 4. The molecule has 0 atom stereocenters. The first kappa shape index (κ1) is 95.4. The molecule has 0 aliphatic heterocycles. The third-order valence-corrected chi connectivity index (χ3v) is 27.7. The summed E-state index contributed by atoms with van der Waals surface area (Å²) in [5.74, 6) is -8.16. The number of nitrogens with zero attached hydrogens (tertiary/aromatic N) is 2. The maximum Gasteiger partial charge on any atom is 0.416 e. The zero-order chi connectivity index (χ0) is 90.9. The van der Waals surface area contributed by atoms with Crippen LogP contribution in [0.5, 0.6) is 0 Å². The van der Waals surface area contributed by atoms with E-state index in [4.69, 9.17) is 11.6 Å². The molecule has 0 saturated heterocycles. The van der Waals surface area contributed by atoms with Crippen molar-refractivity contribution in [2.45, 2.75) is 121 Å². The number of carboxylic acid groups (broad SMARTS) is 4. The highest BCUT2D eigenvalue weighted by Gasteiger charge is 2.38. The molecular weight excluding hydrogens is 1780 g/mol. The second kappa shape index (κ2) is 38.6. The van der Waals surface area contributed by atoms with E-state index in [2.05, 4.69) is 15.0 Å². The van der Waals surface area contributed by atoms with Crippen molar-refractivity contribution in [2.24, 2.45) is 0 Å². The minimum atomic E-state index is -4.70. The van der Waals surface area contributed by atoms with E-state index in [0.29, 0.717) is 78.9 Å². The van der Waals surface area contributed by atoms with Crippen LogP contribution in [0.25, 0.3) is 43.5 Å². The van der Waals surface area contributed by atoms with Gasteiger partial charge in [-0.2, -0.15) is 57.1 Å². The molecule has 5 N–H and O–H groups in total. The summed E-state index contributed by atoms with van der Waals surface area (Å²) in [6.45, 7) is 6.79. The number of carboxylic acids is 4. The molecule has 0 spiro atoms. The monoisotopic (exact) mass is 1850 g/mol. The predicted molar refractivity (Wildman–Crippen MR) is 433 cm³/mol. The van der Waals surface area contributed by atoms with Crippen molar-refractivity contribution in [3.8, 4) is 43.5 Å². The number of rotatable bonds is 24. The Bertz CT molecular complexity index is 6260. The van der Waals surface area contributed by atoms with Crippen LogP contribution in [0.4, 0.5) is 57.1 Å². The van der Waals surface area contributed by atoms with Gasteiger partial charge in [0.1, 0.15) is 0 Å². The van der Waals surface area contributed by atoms with Crippen LogP contribution in [-0.2, 0) is 113 Å². The van der Waals surface area contributed by atoms with Crippen molar-refractivity contribution in [2.75, 3.05) is 0 Å². The molecular formula is C84H67ClF13N3O16S6. The number of aromatic amines is 1. The van der Waals surface area contributed by atoms with Crippen molar-refractivity contribution in [1.29, 1.82) is 0 Å². The molecule has 0 radical (unpaired) electrons. The molecule has 0 bridgehead atoms. The van der Waals surface area contributed by atoms with E-state index in [1.165, 1.54) is 85.2 Å². The lowest BCUT2D eigenvalue weighted by molar-refractivity contribution is -0.138. The lowest BCUT2D eigenvalue weighted by Gasteiger charge is -2.15. The van der Waals surface area contributed by atoms with E-state index in [0.717, 1.165) is 102 Å². The Kier molecular flexibility index (Phi) is 29.9. The maximum atomic E-state index is 13.5. The van der Waals surface area contributed by atoms with E-state index in [9.17, 15) is 130 Å². The highest BCUT2D eigenvalue weighted by Crippen LogP contribution is 2.43. The Morgan fingerprint density at radius 3 is 0.919 bits per heavy atom. The quantitative estimate of drug-likeness (QED) is 0.0351. The molecule has 4 aromatic heterocycles. The summed E-state index contributed by atoms with van der Waals surface area (Å²) in [4.78, 5) is 56.0.